The molecule has 0 spiro atoms. The van der Waals surface area contributed by atoms with Crippen molar-refractivity contribution in [2.75, 3.05) is 0 Å². The van der Waals surface area contributed by atoms with Crippen molar-refractivity contribution in [3.8, 4) is 5.75 Å². The highest BCUT2D eigenvalue weighted by Gasteiger charge is 2.39. The summed E-state index contributed by atoms with van der Waals surface area (Å²) in [6.45, 7) is -2.77. The summed E-state index contributed by atoms with van der Waals surface area (Å²) in [5.74, 6) is 2.74. The lowest BCUT2D eigenvalue weighted by atomic mass is 9.83. The molecule has 0 amide bonds. The summed E-state index contributed by atoms with van der Waals surface area (Å²) < 4.78 is 28.5. The number of rotatable bonds is 5. The van der Waals surface area contributed by atoms with Gasteiger partial charge in [-0.1, -0.05) is 18.6 Å². The standard InChI is InChI=1S/C16H21F2NO/c17-16(18)20-14-5-3-11(4-6-14)15(19)9-13-8-10-1-2-12(13)7-10/h3-6,10,12-13,15-16H,1-2,7-9,19H2. The third-order valence-electron chi connectivity index (χ3n) is 4.97. The van der Waals surface area contributed by atoms with Gasteiger partial charge in [0.15, 0.2) is 0 Å². The molecule has 0 radical (unpaired) electrons. The lowest BCUT2D eigenvalue weighted by Gasteiger charge is -2.25. The van der Waals surface area contributed by atoms with E-state index in [9.17, 15) is 8.78 Å². The second-order valence-corrected chi connectivity index (χ2v) is 6.22. The topological polar surface area (TPSA) is 35.2 Å². The Kier molecular flexibility index (Phi) is 3.92. The van der Waals surface area contributed by atoms with Gasteiger partial charge >= 0.3 is 6.61 Å². The van der Waals surface area contributed by atoms with Gasteiger partial charge in [-0.15, -0.1) is 0 Å². The molecule has 2 saturated carbocycles. The Morgan fingerprint density at radius 1 is 1.15 bits per heavy atom. The van der Waals surface area contributed by atoms with E-state index in [4.69, 9.17) is 5.73 Å². The van der Waals surface area contributed by atoms with E-state index in [1.807, 2.05) is 0 Å². The minimum absolute atomic E-state index is 0.0000463. The molecule has 20 heavy (non-hydrogen) atoms. The first-order chi connectivity index (χ1) is 9.61. The van der Waals surface area contributed by atoms with Crippen LogP contribution in [0, 0.1) is 17.8 Å². The van der Waals surface area contributed by atoms with E-state index in [0.717, 1.165) is 29.7 Å². The van der Waals surface area contributed by atoms with Crippen LogP contribution >= 0.6 is 0 Å². The van der Waals surface area contributed by atoms with Crippen molar-refractivity contribution in [2.45, 2.75) is 44.8 Å². The fourth-order valence-corrected chi connectivity index (χ4v) is 4.02. The zero-order chi connectivity index (χ0) is 14.1. The minimum Gasteiger partial charge on any atom is -0.435 e. The first-order valence-corrected chi connectivity index (χ1v) is 7.42. The predicted octanol–water partition coefficient (Wildman–Crippen LogP) is 4.11. The second-order valence-electron chi connectivity index (χ2n) is 6.22. The van der Waals surface area contributed by atoms with Gasteiger partial charge in [0, 0.05) is 6.04 Å². The maximum atomic E-state index is 12.1. The molecule has 2 bridgehead atoms. The maximum absolute atomic E-state index is 12.1. The smallest absolute Gasteiger partial charge is 0.387 e. The van der Waals surface area contributed by atoms with Crippen molar-refractivity contribution in [2.24, 2.45) is 23.5 Å². The van der Waals surface area contributed by atoms with Gasteiger partial charge in [0.05, 0.1) is 0 Å². The van der Waals surface area contributed by atoms with Gasteiger partial charge in [0.25, 0.3) is 0 Å². The van der Waals surface area contributed by atoms with Crippen molar-refractivity contribution in [3.05, 3.63) is 29.8 Å². The Labute approximate surface area is 118 Å². The monoisotopic (exact) mass is 281 g/mol. The number of hydrogen-bond donors (Lipinski definition) is 1. The summed E-state index contributed by atoms with van der Waals surface area (Å²) >= 11 is 0. The molecule has 4 atom stereocenters. The molecule has 2 N–H and O–H groups in total. The predicted molar refractivity (Wildman–Crippen MR) is 73.6 cm³/mol. The van der Waals surface area contributed by atoms with Crippen molar-refractivity contribution < 1.29 is 13.5 Å². The van der Waals surface area contributed by atoms with Gasteiger partial charge < -0.3 is 10.5 Å². The first kappa shape index (κ1) is 13.8. The summed E-state index contributed by atoms with van der Waals surface area (Å²) in [7, 11) is 0. The Morgan fingerprint density at radius 3 is 2.45 bits per heavy atom. The van der Waals surface area contributed by atoms with E-state index in [1.54, 1.807) is 24.3 Å². The minimum atomic E-state index is -2.77. The number of nitrogens with two attached hydrogens (primary N) is 1. The molecule has 0 heterocycles. The van der Waals surface area contributed by atoms with Crippen LogP contribution in [-0.4, -0.2) is 6.61 Å². The van der Waals surface area contributed by atoms with Gasteiger partial charge in [-0.25, -0.2) is 0 Å². The molecule has 0 aromatic heterocycles. The average Bonchev–Trinajstić information content (AvgIpc) is 3.01. The quantitative estimate of drug-likeness (QED) is 0.881. The molecule has 1 aromatic carbocycles. The molecule has 2 aliphatic carbocycles. The van der Waals surface area contributed by atoms with Gasteiger partial charge in [0.1, 0.15) is 5.75 Å². The van der Waals surface area contributed by atoms with Crippen LogP contribution in [0.3, 0.4) is 0 Å². The average molecular weight is 281 g/mol. The SMILES string of the molecule is NC(CC1CC2CCC1C2)c1ccc(OC(F)F)cc1. The number of fused-ring (bicyclic) bond motifs is 2. The third-order valence-corrected chi connectivity index (χ3v) is 4.97. The van der Waals surface area contributed by atoms with Crippen molar-refractivity contribution in [1.29, 1.82) is 0 Å². The van der Waals surface area contributed by atoms with E-state index < -0.39 is 6.61 Å². The summed E-state index contributed by atoms with van der Waals surface area (Å²) in [6, 6.07) is 6.75. The van der Waals surface area contributed by atoms with Crippen molar-refractivity contribution in [3.63, 3.8) is 0 Å². The van der Waals surface area contributed by atoms with Crippen LogP contribution in [0.4, 0.5) is 8.78 Å². The van der Waals surface area contributed by atoms with E-state index in [-0.39, 0.29) is 11.8 Å². The zero-order valence-electron chi connectivity index (χ0n) is 11.5. The molecule has 0 aliphatic heterocycles. The lowest BCUT2D eigenvalue weighted by Crippen LogP contribution is -2.19. The molecule has 2 fully saturated rings. The fraction of sp³-hybridized carbons (Fsp3) is 0.625. The Bertz CT molecular complexity index is 448. The van der Waals surface area contributed by atoms with Crippen LogP contribution in [0.25, 0.3) is 0 Å². The first-order valence-electron chi connectivity index (χ1n) is 7.42. The van der Waals surface area contributed by atoms with Crippen LogP contribution in [-0.2, 0) is 0 Å². The van der Waals surface area contributed by atoms with Gasteiger partial charge in [-0.3, -0.25) is 0 Å². The Hall–Kier alpha value is -1.16. The lowest BCUT2D eigenvalue weighted by molar-refractivity contribution is -0.0498. The normalized spacial score (nSPS) is 29.9. The van der Waals surface area contributed by atoms with Crippen LogP contribution < -0.4 is 10.5 Å². The summed E-state index contributed by atoms with van der Waals surface area (Å²) in [6.07, 6.45) is 6.49. The number of halogens is 2. The molecule has 3 rings (SSSR count). The van der Waals surface area contributed by atoms with E-state index in [0.29, 0.717) is 0 Å². The van der Waals surface area contributed by atoms with Crippen LogP contribution in [0.5, 0.6) is 5.75 Å². The summed E-state index contributed by atoms with van der Waals surface area (Å²) in [5, 5.41) is 0. The molecule has 0 saturated heterocycles. The largest absolute Gasteiger partial charge is 0.435 e. The zero-order valence-corrected chi connectivity index (χ0v) is 11.5. The van der Waals surface area contributed by atoms with Crippen LogP contribution in [0.2, 0.25) is 0 Å². The molecule has 2 aliphatic rings. The highest BCUT2D eigenvalue weighted by atomic mass is 19.3. The van der Waals surface area contributed by atoms with E-state index in [2.05, 4.69) is 4.74 Å². The van der Waals surface area contributed by atoms with Gasteiger partial charge in [0.2, 0.25) is 0 Å². The maximum Gasteiger partial charge on any atom is 0.387 e. The second kappa shape index (κ2) is 5.68. The Balaban J connectivity index is 1.58. The number of benzene rings is 1. The Morgan fingerprint density at radius 2 is 1.90 bits per heavy atom. The molecule has 110 valence electrons. The molecular weight excluding hydrogens is 260 g/mol. The van der Waals surface area contributed by atoms with Crippen molar-refractivity contribution >= 4 is 0 Å². The van der Waals surface area contributed by atoms with Gasteiger partial charge in [-0.05, 0) is 61.1 Å². The van der Waals surface area contributed by atoms with E-state index in [1.165, 1.54) is 25.7 Å². The fourth-order valence-electron chi connectivity index (χ4n) is 4.02. The number of alkyl halides is 2. The third kappa shape index (κ3) is 2.95. The number of hydrogen-bond acceptors (Lipinski definition) is 2. The highest BCUT2D eigenvalue weighted by Crippen LogP contribution is 2.50. The molecular formula is C16H21F2NO. The van der Waals surface area contributed by atoms with Crippen LogP contribution in [0.1, 0.15) is 43.7 Å². The summed E-state index contributed by atoms with van der Waals surface area (Å²) in [5.41, 5.74) is 7.28. The van der Waals surface area contributed by atoms with Crippen molar-refractivity contribution in [1.82, 2.24) is 0 Å². The molecule has 1 aromatic rings. The molecule has 4 unspecified atom stereocenters. The molecule has 2 nitrogen and oxygen atoms in total. The highest BCUT2D eigenvalue weighted by molar-refractivity contribution is 5.29. The summed E-state index contributed by atoms with van der Waals surface area (Å²) in [4.78, 5) is 0. The number of ether oxygens (including phenoxy) is 1. The van der Waals surface area contributed by atoms with E-state index >= 15 is 0 Å². The molecule has 4 heteroatoms. The van der Waals surface area contributed by atoms with Crippen LogP contribution in [0.15, 0.2) is 24.3 Å². The van der Waals surface area contributed by atoms with Gasteiger partial charge in [-0.2, -0.15) is 8.78 Å².